The number of halogens is 1. The number of piperazine rings is 1. The Labute approximate surface area is 167 Å². The van der Waals surface area contributed by atoms with E-state index in [9.17, 15) is 14.0 Å². The highest BCUT2D eigenvalue weighted by Crippen LogP contribution is 2.20. The molecule has 0 N–H and O–H groups in total. The zero-order valence-corrected chi connectivity index (χ0v) is 16.1. The molecule has 0 radical (unpaired) electrons. The van der Waals surface area contributed by atoms with E-state index in [0.29, 0.717) is 31.9 Å². The highest BCUT2D eigenvalue weighted by molar-refractivity contribution is 8.02. The third kappa shape index (κ3) is 5.60. The zero-order chi connectivity index (χ0) is 19.8. The quantitative estimate of drug-likeness (QED) is 0.423. The molecule has 0 saturated carbocycles. The number of esters is 1. The van der Waals surface area contributed by atoms with E-state index in [-0.39, 0.29) is 18.3 Å². The summed E-state index contributed by atoms with van der Waals surface area (Å²) in [7, 11) is 0. The van der Waals surface area contributed by atoms with Gasteiger partial charge < -0.3 is 14.5 Å². The first-order valence-electron chi connectivity index (χ1n) is 8.96. The first-order chi connectivity index (χ1) is 13.6. The van der Waals surface area contributed by atoms with Crippen molar-refractivity contribution in [3.8, 4) is 0 Å². The summed E-state index contributed by atoms with van der Waals surface area (Å²) in [6.45, 7) is 1.70. The molecule has 1 saturated heterocycles. The topological polar surface area (TPSA) is 49.9 Å². The fraction of sp³-hybridized carbons (Fsp3) is 0.238. The second-order valence-corrected chi connectivity index (χ2v) is 7.14. The maximum Gasteiger partial charge on any atom is 0.331 e. The van der Waals surface area contributed by atoms with Crippen molar-refractivity contribution in [1.29, 1.82) is 0 Å². The lowest BCUT2D eigenvalue weighted by Crippen LogP contribution is -2.50. The Morgan fingerprint density at radius 2 is 1.68 bits per heavy atom. The lowest BCUT2D eigenvalue weighted by Gasteiger charge is -2.36. The van der Waals surface area contributed by atoms with Crippen LogP contribution >= 0.6 is 11.8 Å². The number of ether oxygens (including phenoxy) is 1. The molecule has 28 heavy (non-hydrogen) atoms. The van der Waals surface area contributed by atoms with Gasteiger partial charge in [-0.2, -0.15) is 0 Å². The van der Waals surface area contributed by atoms with Crippen molar-refractivity contribution in [2.75, 3.05) is 37.7 Å². The predicted molar refractivity (Wildman–Crippen MR) is 108 cm³/mol. The van der Waals surface area contributed by atoms with E-state index in [4.69, 9.17) is 4.74 Å². The SMILES string of the molecule is O=C(/C=C/Sc1ccccc1)OCC(=O)N1CCN(c2ccccc2F)CC1. The summed E-state index contributed by atoms with van der Waals surface area (Å²) in [6, 6.07) is 16.2. The van der Waals surface area contributed by atoms with Crippen molar-refractivity contribution in [2.24, 2.45) is 0 Å². The molecule has 2 aromatic carbocycles. The van der Waals surface area contributed by atoms with E-state index in [2.05, 4.69) is 0 Å². The number of benzene rings is 2. The van der Waals surface area contributed by atoms with Crippen molar-refractivity contribution in [2.45, 2.75) is 4.90 Å². The third-order valence-corrected chi connectivity index (χ3v) is 5.13. The minimum absolute atomic E-state index is 0.245. The standard InChI is InChI=1S/C21H21FN2O3S/c22-18-8-4-5-9-19(18)23-11-13-24(14-12-23)20(25)16-27-21(26)10-15-28-17-6-2-1-3-7-17/h1-10,15H,11-14,16H2/b15-10+. The van der Waals surface area contributed by atoms with Gasteiger partial charge in [0.1, 0.15) is 5.82 Å². The first kappa shape index (κ1) is 19.9. The zero-order valence-electron chi connectivity index (χ0n) is 15.3. The second-order valence-electron chi connectivity index (χ2n) is 6.16. The summed E-state index contributed by atoms with van der Waals surface area (Å²) < 4.78 is 18.9. The van der Waals surface area contributed by atoms with Crippen LogP contribution in [0.1, 0.15) is 0 Å². The number of hydrogen-bond acceptors (Lipinski definition) is 5. The summed E-state index contributed by atoms with van der Waals surface area (Å²) in [4.78, 5) is 28.5. The molecule has 0 aliphatic carbocycles. The summed E-state index contributed by atoms with van der Waals surface area (Å²) in [6.07, 6.45) is 1.31. The monoisotopic (exact) mass is 400 g/mol. The molecule has 7 heteroatoms. The van der Waals surface area contributed by atoms with E-state index in [1.54, 1.807) is 28.5 Å². The van der Waals surface area contributed by atoms with E-state index in [1.165, 1.54) is 23.9 Å². The van der Waals surface area contributed by atoms with Crippen molar-refractivity contribution in [3.05, 3.63) is 71.9 Å². The average molecular weight is 400 g/mol. The molecule has 0 bridgehead atoms. The van der Waals surface area contributed by atoms with Gasteiger partial charge in [0.25, 0.3) is 5.91 Å². The fourth-order valence-corrected chi connectivity index (χ4v) is 3.49. The normalized spacial score (nSPS) is 14.3. The number of rotatable bonds is 6. The molecule has 2 aromatic rings. The Morgan fingerprint density at radius 3 is 2.39 bits per heavy atom. The van der Waals surface area contributed by atoms with Crippen LogP contribution in [0.25, 0.3) is 0 Å². The molecule has 0 spiro atoms. The van der Waals surface area contributed by atoms with Crippen LogP contribution in [-0.4, -0.2) is 49.6 Å². The number of anilines is 1. The van der Waals surface area contributed by atoms with Gasteiger partial charge in [-0.15, -0.1) is 0 Å². The van der Waals surface area contributed by atoms with Crippen LogP contribution in [0.15, 0.2) is 71.0 Å². The Bertz CT molecular complexity index is 837. The highest BCUT2D eigenvalue weighted by Gasteiger charge is 2.23. The van der Waals surface area contributed by atoms with Gasteiger partial charge in [-0.25, -0.2) is 9.18 Å². The van der Waals surface area contributed by atoms with Gasteiger partial charge in [0.15, 0.2) is 6.61 Å². The molecule has 146 valence electrons. The van der Waals surface area contributed by atoms with Crippen LogP contribution in [0.2, 0.25) is 0 Å². The molecule has 0 atom stereocenters. The van der Waals surface area contributed by atoms with Gasteiger partial charge in [-0.05, 0) is 29.7 Å². The molecular weight excluding hydrogens is 379 g/mol. The summed E-state index contributed by atoms with van der Waals surface area (Å²) in [5.41, 5.74) is 0.544. The molecule has 1 fully saturated rings. The average Bonchev–Trinajstić information content (AvgIpc) is 2.73. The van der Waals surface area contributed by atoms with Crippen molar-refractivity contribution < 1.29 is 18.7 Å². The maximum absolute atomic E-state index is 13.9. The lowest BCUT2D eigenvalue weighted by molar-refractivity contribution is -0.148. The van der Waals surface area contributed by atoms with Crippen LogP contribution in [0.3, 0.4) is 0 Å². The molecule has 0 unspecified atom stereocenters. The van der Waals surface area contributed by atoms with Crippen LogP contribution in [0.5, 0.6) is 0 Å². The van der Waals surface area contributed by atoms with Crippen molar-refractivity contribution in [1.82, 2.24) is 4.90 Å². The van der Waals surface area contributed by atoms with Crippen LogP contribution in [-0.2, 0) is 14.3 Å². The predicted octanol–water partition coefficient (Wildman–Crippen LogP) is 3.32. The van der Waals surface area contributed by atoms with Crippen LogP contribution in [0, 0.1) is 5.82 Å². The minimum Gasteiger partial charge on any atom is -0.452 e. The molecule has 1 heterocycles. The first-order valence-corrected chi connectivity index (χ1v) is 9.84. The molecule has 1 aliphatic heterocycles. The Kier molecular flexibility index (Phi) is 7.08. The van der Waals surface area contributed by atoms with E-state index < -0.39 is 5.97 Å². The third-order valence-electron chi connectivity index (χ3n) is 4.31. The molecule has 1 aliphatic rings. The molecule has 5 nitrogen and oxygen atoms in total. The number of thioether (sulfide) groups is 1. The lowest BCUT2D eigenvalue weighted by atomic mass is 10.2. The molecule has 3 rings (SSSR count). The maximum atomic E-state index is 13.9. The summed E-state index contributed by atoms with van der Waals surface area (Å²) in [5.74, 6) is -1.07. The van der Waals surface area contributed by atoms with Gasteiger partial charge in [-0.3, -0.25) is 4.79 Å². The van der Waals surface area contributed by atoms with Gasteiger partial charge in [0.05, 0.1) is 5.69 Å². The Hall–Kier alpha value is -2.80. The summed E-state index contributed by atoms with van der Waals surface area (Å²) >= 11 is 1.40. The fourth-order valence-electron chi connectivity index (χ4n) is 2.84. The smallest absolute Gasteiger partial charge is 0.331 e. The van der Waals surface area contributed by atoms with Crippen molar-refractivity contribution in [3.63, 3.8) is 0 Å². The van der Waals surface area contributed by atoms with E-state index in [1.807, 2.05) is 35.2 Å². The van der Waals surface area contributed by atoms with Gasteiger partial charge >= 0.3 is 5.97 Å². The number of nitrogens with zero attached hydrogens (tertiary/aromatic N) is 2. The number of carbonyl (C=O) groups excluding carboxylic acids is 2. The van der Waals surface area contributed by atoms with Crippen molar-refractivity contribution >= 4 is 29.3 Å². The van der Waals surface area contributed by atoms with E-state index in [0.717, 1.165) is 4.90 Å². The Morgan fingerprint density at radius 1 is 1.00 bits per heavy atom. The van der Waals surface area contributed by atoms with Crippen LogP contribution < -0.4 is 4.90 Å². The van der Waals surface area contributed by atoms with Gasteiger partial charge in [-0.1, -0.05) is 42.1 Å². The largest absolute Gasteiger partial charge is 0.452 e. The van der Waals surface area contributed by atoms with Gasteiger partial charge in [0, 0.05) is 37.2 Å². The molecular formula is C21H21FN2O3S. The second kappa shape index (κ2) is 9.94. The Balaban J connectivity index is 1.39. The number of hydrogen-bond donors (Lipinski definition) is 0. The summed E-state index contributed by atoms with van der Waals surface area (Å²) in [5, 5.41) is 1.63. The number of para-hydroxylation sites is 1. The van der Waals surface area contributed by atoms with E-state index >= 15 is 0 Å². The molecule has 0 aromatic heterocycles. The number of carbonyl (C=O) groups is 2. The number of amides is 1. The molecule has 1 amide bonds. The minimum atomic E-state index is -0.554. The highest BCUT2D eigenvalue weighted by atomic mass is 32.2. The van der Waals surface area contributed by atoms with Gasteiger partial charge in [0.2, 0.25) is 0 Å². The van der Waals surface area contributed by atoms with Crippen LogP contribution in [0.4, 0.5) is 10.1 Å².